The van der Waals surface area contributed by atoms with E-state index in [1.54, 1.807) is 10.6 Å². The van der Waals surface area contributed by atoms with Gasteiger partial charge in [-0.15, -0.1) is 0 Å². The first-order valence-corrected chi connectivity index (χ1v) is 4.07. The SMILES string of the molecule is O=C(O)COCC(=O)NC(=O)NCC(F)F. The van der Waals surface area contributed by atoms with E-state index in [1.807, 2.05) is 0 Å². The Morgan fingerprint density at radius 2 is 1.88 bits per heavy atom. The molecule has 16 heavy (non-hydrogen) atoms. The van der Waals surface area contributed by atoms with Crippen LogP contribution in [0.4, 0.5) is 13.6 Å². The molecule has 0 aliphatic carbocycles. The third-order valence-corrected chi connectivity index (χ3v) is 1.13. The van der Waals surface area contributed by atoms with Crippen molar-refractivity contribution >= 4 is 17.9 Å². The molecule has 0 aliphatic heterocycles. The predicted molar refractivity (Wildman–Crippen MR) is 46.0 cm³/mol. The van der Waals surface area contributed by atoms with Crippen LogP contribution in [0.15, 0.2) is 0 Å². The van der Waals surface area contributed by atoms with Crippen molar-refractivity contribution in [1.29, 1.82) is 0 Å². The van der Waals surface area contributed by atoms with Crippen LogP contribution in [0.3, 0.4) is 0 Å². The van der Waals surface area contributed by atoms with Gasteiger partial charge in [0.15, 0.2) is 0 Å². The number of carboxylic acid groups (broad SMARTS) is 1. The van der Waals surface area contributed by atoms with Gasteiger partial charge in [-0.2, -0.15) is 0 Å². The number of hydrogen-bond acceptors (Lipinski definition) is 4. The number of ether oxygens (including phenoxy) is 1. The smallest absolute Gasteiger partial charge is 0.329 e. The predicted octanol–water partition coefficient (Wildman–Crippen LogP) is -0.822. The number of hydrogen-bond donors (Lipinski definition) is 3. The number of carbonyl (C=O) groups excluding carboxylic acids is 2. The van der Waals surface area contributed by atoms with Crippen LogP contribution < -0.4 is 10.6 Å². The summed E-state index contributed by atoms with van der Waals surface area (Å²) in [4.78, 5) is 31.5. The van der Waals surface area contributed by atoms with Gasteiger partial charge >= 0.3 is 12.0 Å². The quantitative estimate of drug-likeness (QED) is 0.562. The molecule has 0 aromatic heterocycles. The average molecular weight is 240 g/mol. The highest BCUT2D eigenvalue weighted by molar-refractivity contribution is 5.94. The van der Waals surface area contributed by atoms with Gasteiger partial charge in [0.2, 0.25) is 0 Å². The highest BCUT2D eigenvalue weighted by Crippen LogP contribution is 1.87. The van der Waals surface area contributed by atoms with Gasteiger partial charge in [-0.25, -0.2) is 18.4 Å². The van der Waals surface area contributed by atoms with E-state index < -0.39 is 44.1 Å². The van der Waals surface area contributed by atoms with Crippen molar-refractivity contribution in [3.8, 4) is 0 Å². The fraction of sp³-hybridized carbons (Fsp3) is 0.571. The average Bonchev–Trinajstić information content (AvgIpc) is 2.14. The number of alkyl halides is 2. The van der Waals surface area contributed by atoms with Crippen LogP contribution in [0.1, 0.15) is 0 Å². The largest absolute Gasteiger partial charge is 0.480 e. The molecule has 0 heterocycles. The van der Waals surface area contributed by atoms with Crippen LogP contribution in [0.2, 0.25) is 0 Å². The summed E-state index contributed by atoms with van der Waals surface area (Å²) in [5.74, 6) is -2.19. The fourth-order valence-corrected chi connectivity index (χ4v) is 0.608. The van der Waals surface area contributed by atoms with Gasteiger partial charge in [-0.1, -0.05) is 0 Å². The number of carboxylic acids is 1. The maximum Gasteiger partial charge on any atom is 0.329 e. The molecular formula is C7H10F2N2O5. The van der Waals surface area contributed by atoms with E-state index in [1.165, 1.54) is 0 Å². The summed E-state index contributed by atoms with van der Waals surface area (Å²) >= 11 is 0. The molecule has 0 aliphatic rings. The standard InChI is InChI=1S/C7H10F2N2O5/c8-4(9)1-10-7(15)11-5(12)2-16-3-6(13)14/h4H,1-3H2,(H,13,14)(H2,10,11,12,15). The van der Waals surface area contributed by atoms with Crippen molar-refractivity contribution < 1.29 is 33.0 Å². The van der Waals surface area contributed by atoms with Gasteiger partial charge in [0.05, 0.1) is 6.54 Å². The minimum absolute atomic E-state index is 0.644. The first-order valence-electron chi connectivity index (χ1n) is 4.07. The Morgan fingerprint density at radius 1 is 1.25 bits per heavy atom. The van der Waals surface area contributed by atoms with E-state index in [-0.39, 0.29) is 0 Å². The molecule has 0 aromatic carbocycles. The number of imide groups is 1. The Balaban J connectivity index is 3.62. The Hall–Kier alpha value is -1.77. The van der Waals surface area contributed by atoms with Crippen molar-refractivity contribution in [2.45, 2.75) is 6.43 Å². The Morgan fingerprint density at radius 3 is 2.38 bits per heavy atom. The summed E-state index contributed by atoms with van der Waals surface area (Å²) in [6.45, 7) is -2.21. The number of rotatable bonds is 6. The molecule has 0 fully saturated rings. The fourth-order valence-electron chi connectivity index (χ4n) is 0.608. The van der Waals surface area contributed by atoms with E-state index in [9.17, 15) is 23.2 Å². The van der Waals surface area contributed by atoms with E-state index in [2.05, 4.69) is 4.74 Å². The zero-order valence-electron chi connectivity index (χ0n) is 8.03. The summed E-state index contributed by atoms with van der Waals surface area (Å²) in [6.07, 6.45) is -2.72. The lowest BCUT2D eigenvalue weighted by atomic mass is 10.6. The van der Waals surface area contributed by atoms with Crippen molar-refractivity contribution in [3.05, 3.63) is 0 Å². The molecule has 0 bridgehead atoms. The Kier molecular flexibility index (Phi) is 6.68. The normalized spacial score (nSPS) is 9.94. The second-order valence-electron chi connectivity index (χ2n) is 2.54. The summed E-state index contributed by atoms with van der Waals surface area (Å²) in [5, 5.41) is 11.5. The first-order chi connectivity index (χ1) is 7.41. The van der Waals surface area contributed by atoms with E-state index in [0.29, 0.717) is 0 Å². The topological polar surface area (TPSA) is 105 Å². The molecule has 0 atom stereocenters. The number of urea groups is 1. The highest BCUT2D eigenvalue weighted by Gasteiger charge is 2.10. The maximum absolute atomic E-state index is 11.6. The molecule has 7 nitrogen and oxygen atoms in total. The lowest BCUT2D eigenvalue weighted by Crippen LogP contribution is -2.42. The van der Waals surface area contributed by atoms with E-state index in [0.717, 1.165) is 0 Å². The summed E-state index contributed by atoms with van der Waals surface area (Å²) in [7, 11) is 0. The van der Waals surface area contributed by atoms with Gasteiger partial charge in [-0.05, 0) is 0 Å². The monoisotopic (exact) mass is 240 g/mol. The molecule has 0 aromatic rings. The first kappa shape index (κ1) is 14.2. The minimum atomic E-state index is -2.72. The second-order valence-corrected chi connectivity index (χ2v) is 2.54. The zero-order valence-corrected chi connectivity index (χ0v) is 8.03. The molecule has 0 radical (unpaired) electrons. The van der Waals surface area contributed by atoms with Crippen LogP contribution in [0, 0.1) is 0 Å². The minimum Gasteiger partial charge on any atom is -0.480 e. The summed E-state index contributed by atoms with van der Waals surface area (Å²) in [5.41, 5.74) is 0. The van der Waals surface area contributed by atoms with Crippen LogP contribution in [0.25, 0.3) is 0 Å². The van der Waals surface area contributed by atoms with Crippen molar-refractivity contribution in [3.63, 3.8) is 0 Å². The molecule has 0 spiro atoms. The lowest BCUT2D eigenvalue weighted by Gasteiger charge is -2.05. The number of carbonyl (C=O) groups is 3. The molecule has 0 saturated carbocycles. The molecular weight excluding hydrogens is 230 g/mol. The molecule has 3 amide bonds. The third-order valence-electron chi connectivity index (χ3n) is 1.13. The molecule has 3 N–H and O–H groups in total. The van der Waals surface area contributed by atoms with Gasteiger partial charge < -0.3 is 15.2 Å². The number of nitrogens with one attached hydrogen (secondary N) is 2. The van der Waals surface area contributed by atoms with Crippen molar-refractivity contribution in [1.82, 2.24) is 10.6 Å². The Labute approximate surface area is 88.8 Å². The molecule has 9 heteroatoms. The highest BCUT2D eigenvalue weighted by atomic mass is 19.3. The van der Waals surface area contributed by atoms with Crippen molar-refractivity contribution in [2.75, 3.05) is 19.8 Å². The van der Waals surface area contributed by atoms with Crippen LogP contribution in [-0.2, 0) is 14.3 Å². The van der Waals surface area contributed by atoms with Crippen LogP contribution >= 0.6 is 0 Å². The molecule has 0 rings (SSSR count). The van der Waals surface area contributed by atoms with Gasteiger partial charge in [-0.3, -0.25) is 10.1 Å². The molecule has 92 valence electrons. The summed E-state index contributed by atoms with van der Waals surface area (Å²) in [6, 6.07) is -1.09. The van der Waals surface area contributed by atoms with Crippen LogP contribution in [-0.4, -0.2) is 49.2 Å². The van der Waals surface area contributed by atoms with Gasteiger partial charge in [0.25, 0.3) is 12.3 Å². The van der Waals surface area contributed by atoms with Crippen molar-refractivity contribution in [2.24, 2.45) is 0 Å². The number of aliphatic carboxylic acids is 1. The second kappa shape index (κ2) is 7.51. The van der Waals surface area contributed by atoms with Gasteiger partial charge in [0, 0.05) is 0 Å². The van der Waals surface area contributed by atoms with E-state index in [4.69, 9.17) is 5.11 Å². The van der Waals surface area contributed by atoms with Crippen LogP contribution in [0.5, 0.6) is 0 Å². The van der Waals surface area contributed by atoms with Gasteiger partial charge in [0.1, 0.15) is 13.2 Å². The lowest BCUT2D eigenvalue weighted by molar-refractivity contribution is -0.143. The maximum atomic E-state index is 11.6. The third kappa shape index (κ3) is 8.81. The van der Waals surface area contributed by atoms with E-state index >= 15 is 0 Å². The summed E-state index contributed by atoms with van der Waals surface area (Å²) < 4.78 is 27.6. The molecule has 0 saturated heterocycles. The Bertz CT molecular complexity index is 272. The number of amides is 3. The number of halogens is 2. The zero-order chi connectivity index (χ0) is 12.6. The molecule has 0 unspecified atom stereocenters.